The van der Waals surface area contributed by atoms with Gasteiger partial charge in [-0.1, -0.05) is 20.8 Å². The van der Waals surface area contributed by atoms with Crippen LogP contribution >= 0.6 is 0 Å². The fourth-order valence-electron chi connectivity index (χ4n) is 2.22. The molecule has 0 aliphatic carbocycles. The van der Waals surface area contributed by atoms with Crippen molar-refractivity contribution in [1.29, 1.82) is 0 Å². The lowest BCUT2D eigenvalue weighted by molar-refractivity contribution is 0.0745. The molecule has 1 fully saturated rings. The van der Waals surface area contributed by atoms with Crippen LogP contribution in [0.25, 0.3) is 0 Å². The molecule has 1 saturated heterocycles. The first-order valence-electron chi connectivity index (χ1n) is 7.59. The van der Waals surface area contributed by atoms with Crippen LogP contribution in [-0.2, 0) is 10.0 Å². The number of anilines is 1. The van der Waals surface area contributed by atoms with E-state index in [4.69, 9.17) is 0 Å². The number of aliphatic hydroxyl groups excluding tert-OH is 1. The average molecular weight is 327 g/mol. The monoisotopic (exact) mass is 327 g/mol. The number of aromatic nitrogens is 1. The van der Waals surface area contributed by atoms with Gasteiger partial charge in [0.1, 0.15) is 10.7 Å². The summed E-state index contributed by atoms with van der Waals surface area (Å²) in [7, 11) is -3.42. The van der Waals surface area contributed by atoms with Gasteiger partial charge in [0.2, 0.25) is 10.0 Å². The van der Waals surface area contributed by atoms with Crippen molar-refractivity contribution in [2.75, 3.05) is 25.0 Å². The Morgan fingerprint density at radius 1 is 1.32 bits per heavy atom. The first-order valence-corrected chi connectivity index (χ1v) is 9.03. The molecule has 1 unspecified atom stereocenters. The third-order valence-corrected chi connectivity index (χ3v) is 5.80. The lowest BCUT2D eigenvalue weighted by Crippen LogP contribution is -2.33. The number of nitrogens with zero attached hydrogens (tertiary/aromatic N) is 2. The first kappa shape index (κ1) is 17.2. The maximum atomic E-state index is 12.4. The Hall–Kier alpha value is -1.18. The molecule has 1 atom stereocenters. The molecule has 1 aliphatic heterocycles. The van der Waals surface area contributed by atoms with Crippen LogP contribution in [0.1, 0.15) is 33.6 Å². The SMILES string of the molecule is CC(C)(C)C(O)CNc1ccc(S(=O)(=O)N2CCCC2)cn1. The molecule has 2 rings (SSSR count). The van der Waals surface area contributed by atoms with E-state index in [2.05, 4.69) is 10.3 Å². The molecule has 7 heteroatoms. The first-order chi connectivity index (χ1) is 10.2. The Morgan fingerprint density at radius 2 is 1.95 bits per heavy atom. The zero-order chi connectivity index (χ0) is 16.4. The molecule has 22 heavy (non-hydrogen) atoms. The van der Waals surface area contributed by atoms with E-state index in [9.17, 15) is 13.5 Å². The highest BCUT2D eigenvalue weighted by atomic mass is 32.2. The fraction of sp³-hybridized carbons (Fsp3) is 0.667. The molecule has 0 spiro atoms. The Kier molecular flexibility index (Phi) is 5.09. The van der Waals surface area contributed by atoms with Gasteiger partial charge in [-0.2, -0.15) is 4.31 Å². The van der Waals surface area contributed by atoms with Crippen LogP contribution in [-0.4, -0.2) is 48.6 Å². The van der Waals surface area contributed by atoms with Gasteiger partial charge in [-0.3, -0.25) is 0 Å². The molecule has 124 valence electrons. The van der Waals surface area contributed by atoms with Crippen molar-refractivity contribution < 1.29 is 13.5 Å². The number of pyridine rings is 1. The van der Waals surface area contributed by atoms with E-state index in [0.717, 1.165) is 12.8 Å². The van der Waals surface area contributed by atoms with E-state index < -0.39 is 16.1 Å². The van der Waals surface area contributed by atoms with Crippen LogP contribution in [0.3, 0.4) is 0 Å². The number of sulfonamides is 1. The Morgan fingerprint density at radius 3 is 2.45 bits per heavy atom. The number of aliphatic hydroxyl groups is 1. The summed E-state index contributed by atoms with van der Waals surface area (Å²) in [6.07, 6.45) is 2.69. The summed E-state index contributed by atoms with van der Waals surface area (Å²) >= 11 is 0. The van der Waals surface area contributed by atoms with Gasteiger partial charge in [-0.15, -0.1) is 0 Å². The van der Waals surface area contributed by atoms with Gasteiger partial charge < -0.3 is 10.4 Å². The molecule has 2 N–H and O–H groups in total. The third kappa shape index (κ3) is 3.97. The van der Waals surface area contributed by atoms with Gasteiger partial charge in [-0.25, -0.2) is 13.4 Å². The maximum absolute atomic E-state index is 12.4. The van der Waals surface area contributed by atoms with E-state index in [0.29, 0.717) is 25.5 Å². The zero-order valence-electron chi connectivity index (χ0n) is 13.4. The fourth-order valence-corrected chi connectivity index (χ4v) is 3.69. The number of nitrogens with one attached hydrogen (secondary N) is 1. The standard InChI is InChI=1S/C15H25N3O3S/c1-15(2,3)13(19)11-17-14-7-6-12(10-16-14)22(20,21)18-8-4-5-9-18/h6-7,10,13,19H,4-5,8-9,11H2,1-3H3,(H,16,17). The molecule has 1 aromatic rings. The van der Waals surface area contributed by atoms with Gasteiger partial charge in [0.05, 0.1) is 6.10 Å². The van der Waals surface area contributed by atoms with Crippen molar-refractivity contribution in [3.8, 4) is 0 Å². The minimum atomic E-state index is -3.42. The average Bonchev–Trinajstić information content (AvgIpc) is 2.99. The van der Waals surface area contributed by atoms with Crippen molar-refractivity contribution >= 4 is 15.8 Å². The van der Waals surface area contributed by atoms with Gasteiger partial charge in [-0.05, 0) is 30.4 Å². The molecule has 1 aliphatic rings. The largest absolute Gasteiger partial charge is 0.391 e. The Balaban J connectivity index is 2.01. The molecule has 0 aromatic carbocycles. The van der Waals surface area contributed by atoms with Crippen molar-refractivity contribution in [2.45, 2.75) is 44.6 Å². The third-order valence-electron chi connectivity index (χ3n) is 3.92. The molecule has 2 heterocycles. The summed E-state index contributed by atoms with van der Waals surface area (Å²) in [5.41, 5.74) is -0.216. The molecule has 1 aromatic heterocycles. The Bertz CT molecular complexity index is 587. The van der Waals surface area contributed by atoms with Crippen LogP contribution in [0.15, 0.2) is 23.2 Å². The van der Waals surface area contributed by atoms with Gasteiger partial charge in [0.25, 0.3) is 0 Å². The molecule has 0 amide bonds. The summed E-state index contributed by atoms with van der Waals surface area (Å²) in [4.78, 5) is 4.36. The van der Waals surface area contributed by atoms with E-state index in [1.54, 1.807) is 12.1 Å². The highest BCUT2D eigenvalue weighted by molar-refractivity contribution is 7.89. The van der Waals surface area contributed by atoms with Gasteiger partial charge in [0, 0.05) is 25.8 Å². The molecule has 0 saturated carbocycles. The summed E-state index contributed by atoms with van der Waals surface area (Å²) in [5.74, 6) is 0.559. The lowest BCUT2D eigenvalue weighted by atomic mass is 9.89. The zero-order valence-corrected chi connectivity index (χ0v) is 14.2. The van der Waals surface area contributed by atoms with Crippen LogP contribution in [0, 0.1) is 5.41 Å². The van der Waals surface area contributed by atoms with Crippen molar-refractivity contribution in [1.82, 2.24) is 9.29 Å². The minimum Gasteiger partial charge on any atom is -0.391 e. The second-order valence-corrected chi connectivity index (χ2v) is 8.69. The van der Waals surface area contributed by atoms with Crippen LogP contribution in [0.4, 0.5) is 5.82 Å². The van der Waals surface area contributed by atoms with E-state index in [1.165, 1.54) is 10.5 Å². The number of rotatable bonds is 5. The van der Waals surface area contributed by atoms with Crippen LogP contribution in [0.5, 0.6) is 0 Å². The predicted molar refractivity (Wildman–Crippen MR) is 86.2 cm³/mol. The number of hydrogen-bond donors (Lipinski definition) is 2. The van der Waals surface area contributed by atoms with Gasteiger partial charge >= 0.3 is 0 Å². The normalized spacial score (nSPS) is 18.4. The quantitative estimate of drug-likeness (QED) is 0.860. The van der Waals surface area contributed by atoms with Crippen LogP contribution in [0.2, 0.25) is 0 Å². The van der Waals surface area contributed by atoms with Crippen molar-refractivity contribution in [3.63, 3.8) is 0 Å². The maximum Gasteiger partial charge on any atom is 0.244 e. The topological polar surface area (TPSA) is 82.5 Å². The molecule has 0 bridgehead atoms. The second-order valence-electron chi connectivity index (χ2n) is 6.75. The molecular formula is C15H25N3O3S. The van der Waals surface area contributed by atoms with Crippen molar-refractivity contribution in [3.05, 3.63) is 18.3 Å². The predicted octanol–water partition coefficient (Wildman–Crippen LogP) is 1.69. The molecular weight excluding hydrogens is 302 g/mol. The summed E-state index contributed by atoms with van der Waals surface area (Å²) in [5, 5.41) is 13.0. The smallest absolute Gasteiger partial charge is 0.244 e. The lowest BCUT2D eigenvalue weighted by Gasteiger charge is -2.26. The van der Waals surface area contributed by atoms with Gasteiger partial charge in [0.15, 0.2) is 0 Å². The van der Waals surface area contributed by atoms with Crippen molar-refractivity contribution in [2.24, 2.45) is 5.41 Å². The highest BCUT2D eigenvalue weighted by Crippen LogP contribution is 2.22. The molecule has 0 radical (unpaired) electrons. The summed E-state index contributed by atoms with van der Waals surface area (Å²) in [6, 6.07) is 3.20. The highest BCUT2D eigenvalue weighted by Gasteiger charge is 2.27. The Labute approximate surface area is 132 Å². The number of hydrogen-bond acceptors (Lipinski definition) is 5. The van der Waals surface area contributed by atoms with E-state index in [1.807, 2.05) is 20.8 Å². The minimum absolute atomic E-state index is 0.216. The van der Waals surface area contributed by atoms with Crippen LogP contribution < -0.4 is 5.32 Å². The second kappa shape index (κ2) is 6.52. The van der Waals surface area contributed by atoms with E-state index >= 15 is 0 Å². The van der Waals surface area contributed by atoms with E-state index in [-0.39, 0.29) is 10.3 Å². The summed E-state index contributed by atoms with van der Waals surface area (Å²) in [6.45, 7) is 7.41. The summed E-state index contributed by atoms with van der Waals surface area (Å²) < 4.78 is 26.2. The molecule has 6 nitrogen and oxygen atoms in total.